The number of para-hydroxylation sites is 1. The number of aromatic hydroxyl groups is 1. The lowest BCUT2D eigenvalue weighted by Gasteiger charge is -2.26. The van der Waals surface area contributed by atoms with Crippen molar-refractivity contribution in [1.82, 2.24) is 15.1 Å². The van der Waals surface area contributed by atoms with Crippen LogP contribution in [0, 0.1) is 0 Å². The van der Waals surface area contributed by atoms with E-state index in [-0.39, 0.29) is 17.7 Å². The number of carbonyl (C=O) groups is 1. The molecule has 0 saturated carbocycles. The topological polar surface area (TPSA) is 87.7 Å². The Hall–Kier alpha value is -3.32. The first-order valence-corrected chi connectivity index (χ1v) is 11.0. The predicted octanol–water partition coefficient (Wildman–Crippen LogP) is 4.54. The van der Waals surface area contributed by atoms with E-state index in [9.17, 15) is 9.90 Å². The van der Waals surface area contributed by atoms with Crippen LogP contribution in [0.4, 0.5) is 0 Å². The molecule has 0 spiro atoms. The van der Waals surface area contributed by atoms with Gasteiger partial charge >= 0.3 is 0 Å². The van der Waals surface area contributed by atoms with Gasteiger partial charge in [0.05, 0.1) is 19.3 Å². The second-order valence-corrected chi connectivity index (χ2v) is 7.90. The van der Waals surface area contributed by atoms with Gasteiger partial charge in [-0.25, -0.2) is 0 Å². The maximum atomic E-state index is 13.3. The molecule has 0 aliphatic carbocycles. The Labute approximate surface area is 188 Å². The van der Waals surface area contributed by atoms with Crippen molar-refractivity contribution >= 4 is 5.91 Å². The summed E-state index contributed by atoms with van der Waals surface area (Å²) in [5, 5.41) is 17.7. The number of nitrogens with zero attached hydrogens (tertiary/aromatic N) is 2. The van der Waals surface area contributed by atoms with Crippen LogP contribution in [0.3, 0.4) is 0 Å². The summed E-state index contributed by atoms with van der Waals surface area (Å²) in [4.78, 5) is 15.0. The average Bonchev–Trinajstić information content (AvgIpc) is 3.34. The fraction of sp³-hybridized carbons (Fsp3) is 0.360. The van der Waals surface area contributed by atoms with Gasteiger partial charge in [-0.05, 0) is 36.2 Å². The van der Waals surface area contributed by atoms with Gasteiger partial charge in [-0.2, -0.15) is 5.10 Å². The number of unbranched alkanes of at least 4 members (excludes halogenated alkanes) is 2. The summed E-state index contributed by atoms with van der Waals surface area (Å²) in [5.74, 6) is 0.764. The summed E-state index contributed by atoms with van der Waals surface area (Å²) < 4.78 is 11.2. The van der Waals surface area contributed by atoms with Gasteiger partial charge < -0.3 is 19.5 Å². The van der Waals surface area contributed by atoms with E-state index in [4.69, 9.17) is 9.47 Å². The van der Waals surface area contributed by atoms with Gasteiger partial charge in [-0.3, -0.25) is 9.89 Å². The summed E-state index contributed by atoms with van der Waals surface area (Å²) in [7, 11) is 1.62. The second kappa shape index (κ2) is 9.87. The number of rotatable bonds is 10. The smallest absolute Gasteiger partial charge is 0.273 e. The molecule has 1 aliphatic rings. The molecule has 4 rings (SSSR count). The number of nitrogens with one attached hydrogen (secondary N) is 1. The van der Waals surface area contributed by atoms with Crippen LogP contribution in [0.1, 0.15) is 53.8 Å². The number of aromatic amines is 1. The van der Waals surface area contributed by atoms with Crippen molar-refractivity contribution in [2.75, 3.05) is 26.9 Å². The van der Waals surface area contributed by atoms with Gasteiger partial charge in [0.2, 0.25) is 0 Å². The molecule has 168 valence electrons. The molecule has 3 aromatic rings. The van der Waals surface area contributed by atoms with Crippen LogP contribution in [0.25, 0.3) is 11.3 Å². The Balaban J connectivity index is 1.74. The standard InChI is InChI=1S/C25H29N3O4/c1-3-4-7-14-32-18-10-8-9-17(16-18)24-21-22(19-11-5-6-12-20(19)29)26-27-23(21)25(30)28(24)13-15-31-2/h5-6,8-12,16,24,29H,3-4,7,13-15H2,1-2H3,(H,26,27). The molecule has 1 unspecified atom stereocenters. The molecular weight excluding hydrogens is 406 g/mol. The molecule has 0 bridgehead atoms. The average molecular weight is 436 g/mol. The number of phenols is 1. The Morgan fingerprint density at radius 3 is 2.75 bits per heavy atom. The molecule has 0 fully saturated rings. The quantitative estimate of drug-likeness (QED) is 0.457. The molecule has 0 saturated heterocycles. The van der Waals surface area contributed by atoms with E-state index in [1.54, 1.807) is 30.2 Å². The zero-order chi connectivity index (χ0) is 22.5. The number of carbonyl (C=O) groups excluding carboxylic acids is 1. The lowest BCUT2D eigenvalue weighted by Crippen LogP contribution is -2.32. The Kier molecular flexibility index (Phi) is 6.75. The summed E-state index contributed by atoms with van der Waals surface area (Å²) >= 11 is 0. The SMILES string of the molecule is CCCCCOc1cccc(C2c3c(-c4ccccc4O)n[nH]c3C(=O)N2CCOC)c1. The van der Waals surface area contributed by atoms with Crippen molar-refractivity contribution in [3.05, 3.63) is 65.4 Å². The van der Waals surface area contributed by atoms with Crippen LogP contribution in [-0.2, 0) is 4.74 Å². The van der Waals surface area contributed by atoms with Crippen LogP contribution in [0.5, 0.6) is 11.5 Å². The predicted molar refractivity (Wildman–Crippen MR) is 122 cm³/mol. The Morgan fingerprint density at radius 2 is 1.97 bits per heavy atom. The number of fused-ring (bicyclic) bond motifs is 1. The molecule has 1 aromatic heterocycles. The number of methoxy groups -OCH3 is 1. The zero-order valence-corrected chi connectivity index (χ0v) is 18.5. The van der Waals surface area contributed by atoms with Gasteiger partial charge in [0.25, 0.3) is 5.91 Å². The number of benzene rings is 2. The Morgan fingerprint density at radius 1 is 1.12 bits per heavy atom. The number of hydrogen-bond acceptors (Lipinski definition) is 5. The maximum absolute atomic E-state index is 13.3. The van der Waals surface area contributed by atoms with Crippen LogP contribution in [0.2, 0.25) is 0 Å². The summed E-state index contributed by atoms with van der Waals surface area (Å²) in [6, 6.07) is 14.5. The van der Waals surface area contributed by atoms with Crippen molar-refractivity contribution in [1.29, 1.82) is 0 Å². The summed E-state index contributed by atoms with van der Waals surface area (Å²) in [6.45, 7) is 3.68. The number of H-pyrrole nitrogens is 1. The minimum absolute atomic E-state index is 0.122. The molecule has 2 aromatic carbocycles. The van der Waals surface area contributed by atoms with E-state index in [0.717, 1.165) is 36.1 Å². The summed E-state index contributed by atoms with van der Waals surface area (Å²) in [5.41, 5.74) is 3.29. The van der Waals surface area contributed by atoms with Crippen LogP contribution in [0.15, 0.2) is 48.5 Å². The van der Waals surface area contributed by atoms with Crippen molar-refractivity contribution < 1.29 is 19.4 Å². The summed E-state index contributed by atoms with van der Waals surface area (Å²) in [6.07, 6.45) is 3.27. The van der Waals surface area contributed by atoms with Gasteiger partial charge in [0.15, 0.2) is 0 Å². The fourth-order valence-electron chi connectivity index (χ4n) is 4.16. The van der Waals surface area contributed by atoms with E-state index >= 15 is 0 Å². The fourth-order valence-corrected chi connectivity index (χ4v) is 4.16. The number of amides is 1. The molecule has 32 heavy (non-hydrogen) atoms. The number of phenolic OH excluding ortho intramolecular Hbond substituents is 1. The molecule has 2 N–H and O–H groups in total. The first-order valence-electron chi connectivity index (χ1n) is 11.0. The third-order valence-corrected chi connectivity index (χ3v) is 5.75. The van der Waals surface area contributed by atoms with Gasteiger partial charge in [0, 0.05) is 24.8 Å². The third-order valence-electron chi connectivity index (χ3n) is 5.75. The van der Waals surface area contributed by atoms with E-state index in [2.05, 4.69) is 17.1 Å². The minimum atomic E-state index is -0.361. The van der Waals surface area contributed by atoms with Gasteiger partial charge in [-0.1, -0.05) is 44.0 Å². The van der Waals surface area contributed by atoms with E-state index in [0.29, 0.717) is 36.7 Å². The molecule has 1 aliphatic heterocycles. The molecule has 1 amide bonds. The van der Waals surface area contributed by atoms with Crippen LogP contribution < -0.4 is 4.74 Å². The molecule has 2 heterocycles. The van der Waals surface area contributed by atoms with E-state index < -0.39 is 0 Å². The largest absolute Gasteiger partial charge is 0.507 e. The van der Waals surface area contributed by atoms with Crippen molar-refractivity contribution in [3.63, 3.8) is 0 Å². The monoisotopic (exact) mass is 435 g/mol. The highest BCUT2D eigenvalue weighted by molar-refractivity contribution is 6.00. The molecular formula is C25H29N3O4. The first kappa shape index (κ1) is 21.9. The zero-order valence-electron chi connectivity index (χ0n) is 18.5. The van der Waals surface area contributed by atoms with Crippen LogP contribution >= 0.6 is 0 Å². The van der Waals surface area contributed by atoms with Crippen LogP contribution in [-0.4, -0.2) is 53.0 Å². The molecule has 0 radical (unpaired) electrons. The molecule has 7 heteroatoms. The first-order chi connectivity index (χ1) is 15.7. The van der Waals surface area contributed by atoms with E-state index in [1.807, 2.05) is 30.3 Å². The normalized spacial score (nSPS) is 15.2. The maximum Gasteiger partial charge on any atom is 0.273 e. The molecule has 7 nitrogen and oxygen atoms in total. The molecule has 1 atom stereocenters. The third kappa shape index (κ3) is 4.21. The second-order valence-electron chi connectivity index (χ2n) is 7.90. The van der Waals surface area contributed by atoms with Gasteiger partial charge in [-0.15, -0.1) is 0 Å². The lowest BCUT2D eigenvalue weighted by molar-refractivity contribution is 0.0677. The highest BCUT2D eigenvalue weighted by Crippen LogP contribution is 2.44. The number of ether oxygens (including phenoxy) is 2. The van der Waals surface area contributed by atoms with Crippen molar-refractivity contribution in [2.24, 2.45) is 0 Å². The van der Waals surface area contributed by atoms with E-state index in [1.165, 1.54) is 0 Å². The van der Waals surface area contributed by atoms with Crippen molar-refractivity contribution in [2.45, 2.75) is 32.2 Å². The van der Waals surface area contributed by atoms with Gasteiger partial charge in [0.1, 0.15) is 22.9 Å². The highest BCUT2D eigenvalue weighted by atomic mass is 16.5. The number of hydrogen-bond donors (Lipinski definition) is 2. The Bertz CT molecular complexity index is 1080. The number of aromatic nitrogens is 2. The van der Waals surface area contributed by atoms with Crippen molar-refractivity contribution in [3.8, 4) is 22.8 Å². The highest BCUT2D eigenvalue weighted by Gasteiger charge is 2.42. The lowest BCUT2D eigenvalue weighted by atomic mass is 9.95. The minimum Gasteiger partial charge on any atom is -0.507 e.